The Labute approximate surface area is 151 Å². The van der Waals surface area contributed by atoms with Crippen LogP contribution in [-0.2, 0) is 0 Å². The molecule has 0 bridgehead atoms. The van der Waals surface area contributed by atoms with E-state index < -0.39 is 13.3 Å². The fourth-order valence-electron chi connectivity index (χ4n) is 2.94. The molecular formula is C20H25GeI. The third-order valence-electron chi connectivity index (χ3n) is 4.80. The molecule has 0 saturated carbocycles. The molecular weight excluding hydrogens is 440 g/mol. The molecule has 0 aliphatic rings. The molecule has 116 valence electrons. The molecule has 0 aliphatic heterocycles. The van der Waals surface area contributed by atoms with Crippen LogP contribution < -0.4 is 0 Å². The summed E-state index contributed by atoms with van der Waals surface area (Å²) in [6, 6.07) is 19.9. The van der Waals surface area contributed by atoms with Crippen LogP contribution >= 0.6 is 22.6 Å². The van der Waals surface area contributed by atoms with Gasteiger partial charge in [-0.2, -0.15) is 0 Å². The van der Waals surface area contributed by atoms with Crippen molar-refractivity contribution in [3.8, 4) is 0 Å². The molecule has 0 aliphatic carbocycles. The van der Waals surface area contributed by atoms with Crippen molar-refractivity contribution in [3.05, 3.63) is 74.2 Å². The zero-order valence-corrected chi connectivity index (χ0v) is 18.0. The van der Waals surface area contributed by atoms with Crippen LogP contribution in [0.1, 0.15) is 31.9 Å². The molecule has 2 rings (SSSR count). The Morgan fingerprint density at radius 2 is 1.32 bits per heavy atom. The molecule has 2 heteroatoms. The number of hydrogen-bond donors (Lipinski definition) is 0. The second-order valence-corrected chi connectivity index (χ2v) is 17.9. The summed E-state index contributed by atoms with van der Waals surface area (Å²) in [5.74, 6) is 0. The fraction of sp³-hybridized carbons (Fsp3) is 0.300. The third-order valence-corrected chi connectivity index (χ3v) is 16.3. The third kappa shape index (κ3) is 4.26. The summed E-state index contributed by atoms with van der Waals surface area (Å²) in [6.45, 7) is 7.17. The monoisotopic (exact) mass is 466 g/mol. The number of hydrogen-bond acceptors (Lipinski definition) is 0. The fourth-order valence-corrected chi connectivity index (χ4v) is 9.72. The van der Waals surface area contributed by atoms with Crippen LogP contribution in [-0.4, -0.2) is 13.3 Å². The maximum atomic E-state index is 2.71. The molecule has 0 heterocycles. The summed E-state index contributed by atoms with van der Waals surface area (Å²) in [6.07, 6.45) is 0. The van der Waals surface area contributed by atoms with Crippen LogP contribution in [0.5, 0.6) is 0 Å². The Morgan fingerprint density at radius 1 is 0.818 bits per heavy atom. The van der Waals surface area contributed by atoms with Gasteiger partial charge in [0.2, 0.25) is 0 Å². The molecule has 0 unspecified atom stereocenters. The molecule has 0 aromatic heterocycles. The van der Waals surface area contributed by atoms with Crippen molar-refractivity contribution < 1.29 is 0 Å². The van der Waals surface area contributed by atoms with Gasteiger partial charge in [-0.1, -0.05) is 0 Å². The second-order valence-electron chi connectivity index (χ2n) is 5.85. The van der Waals surface area contributed by atoms with E-state index in [2.05, 4.69) is 103 Å². The first-order valence-corrected chi connectivity index (χ1v) is 14.9. The average Bonchev–Trinajstić information content (AvgIpc) is 2.59. The Hall–Kier alpha value is -0.547. The molecule has 2 aromatic carbocycles. The van der Waals surface area contributed by atoms with Gasteiger partial charge >= 0.3 is 152 Å². The summed E-state index contributed by atoms with van der Waals surface area (Å²) in [7, 11) is 0. The van der Waals surface area contributed by atoms with Crippen molar-refractivity contribution in [2.45, 2.75) is 36.5 Å². The minimum atomic E-state index is -1.89. The summed E-state index contributed by atoms with van der Waals surface area (Å²) >= 11 is 0.490. The predicted octanol–water partition coefficient (Wildman–Crippen LogP) is 6.77. The summed E-state index contributed by atoms with van der Waals surface area (Å²) in [4.78, 5) is 2.71. The van der Waals surface area contributed by atoms with Crippen molar-refractivity contribution in [1.82, 2.24) is 0 Å². The van der Waals surface area contributed by atoms with Crippen molar-refractivity contribution in [2.75, 3.05) is 0 Å². The summed E-state index contributed by atoms with van der Waals surface area (Å²) < 4.78 is 1.29. The summed E-state index contributed by atoms with van der Waals surface area (Å²) in [5, 5.41) is 4.11. The summed E-state index contributed by atoms with van der Waals surface area (Å²) in [5.41, 5.74) is 4.16. The van der Waals surface area contributed by atoms with Crippen molar-refractivity contribution in [2.24, 2.45) is 0 Å². The second kappa shape index (κ2) is 8.35. The standard InChI is InChI=1S/C20H25GeI/c1-4-21(5-2,6-3)16-20(17-10-8-7-9-11-17)18-12-14-19(22)15-13-18/h7-16H,4-6H2,1-3H3/b20-16-. The molecule has 0 spiro atoms. The van der Waals surface area contributed by atoms with Gasteiger partial charge in [-0.25, -0.2) is 0 Å². The molecule has 2 aromatic rings. The number of rotatable bonds is 6. The zero-order valence-electron chi connectivity index (χ0n) is 13.8. The number of benzene rings is 2. The van der Waals surface area contributed by atoms with Gasteiger partial charge in [0.15, 0.2) is 0 Å². The Morgan fingerprint density at radius 3 is 1.82 bits per heavy atom. The molecule has 22 heavy (non-hydrogen) atoms. The molecule has 0 atom stereocenters. The molecule has 0 fully saturated rings. The van der Waals surface area contributed by atoms with E-state index >= 15 is 0 Å². The van der Waals surface area contributed by atoms with E-state index in [1.165, 1.54) is 36.0 Å². The van der Waals surface area contributed by atoms with E-state index in [1.807, 2.05) is 0 Å². The first kappa shape index (κ1) is 17.8. The van der Waals surface area contributed by atoms with E-state index in [-0.39, 0.29) is 0 Å². The van der Waals surface area contributed by atoms with Crippen LogP contribution in [0.25, 0.3) is 5.57 Å². The molecule has 0 radical (unpaired) electrons. The quantitative estimate of drug-likeness (QED) is 0.327. The van der Waals surface area contributed by atoms with E-state index in [0.717, 1.165) is 0 Å². The normalized spacial score (nSPS) is 12.5. The van der Waals surface area contributed by atoms with E-state index in [0.29, 0.717) is 0 Å². The van der Waals surface area contributed by atoms with Crippen LogP contribution in [0.3, 0.4) is 0 Å². The Balaban J connectivity index is 2.58. The van der Waals surface area contributed by atoms with Gasteiger partial charge in [0.25, 0.3) is 0 Å². The average molecular weight is 465 g/mol. The van der Waals surface area contributed by atoms with Crippen LogP contribution in [0.2, 0.25) is 15.8 Å². The number of halogens is 1. The van der Waals surface area contributed by atoms with E-state index in [9.17, 15) is 0 Å². The zero-order chi connectivity index (χ0) is 16.0. The minimum absolute atomic E-state index is 1.29. The first-order valence-electron chi connectivity index (χ1n) is 8.18. The van der Waals surface area contributed by atoms with E-state index in [4.69, 9.17) is 0 Å². The van der Waals surface area contributed by atoms with Gasteiger partial charge in [-0.15, -0.1) is 0 Å². The van der Waals surface area contributed by atoms with Gasteiger partial charge in [-0.05, 0) is 0 Å². The SMILES string of the molecule is C[CH2][Ge](/[CH]=C(/c1ccccc1)c1ccc(I)cc1)([CH2]C)[CH2]C. The van der Waals surface area contributed by atoms with Crippen molar-refractivity contribution >= 4 is 41.4 Å². The Kier molecular flexibility index (Phi) is 6.75. The van der Waals surface area contributed by atoms with Crippen LogP contribution in [0, 0.1) is 3.57 Å². The van der Waals surface area contributed by atoms with Crippen LogP contribution in [0.4, 0.5) is 0 Å². The molecule has 0 amide bonds. The van der Waals surface area contributed by atoms with Gasteiger partial charge in [0.1, 0.15) is 0 Å². The van der Waals surface area contributed by atoms with Gasteiger partial charge in [-0.3, -0.25) is 0 Å². The maximum absolute atomic E-state index is 2.71. The topological polar surface area (TPSA) is 0 Å². The van der Waals surface area contributed by atoms with Gasteiger partial charge in [0.05, 0.1) is 0 Å². The van der Waals surface area contributed by atoms with Gasteiger partial charge in [0, 0.05) is 0 Å². The molecule has 0 N–H and O–H groups in total. The van der Waals surface area contributed by atoms with Crippen molar-refractivity contribution in [3.63, 3.8) is 0 Å². The van der Waals surface area contributed by atoms with E-state index in [1.54, 1.807) is 0 Å². The van der Waals surface area contributed by atoms with Crippen LogP contribution in [0.15, 0.2) is 59.5 Å². The predicted molar refractivity (Wildman–Crippen MR) is 110 cm³/mol. The van der Waals surface area contributed by atoms with Crippen molar-refractivity contribution in [1.29, 1.82) is 0 Å². The van der Waals surface area contributed by atoms with Gasteiger partial charge < -0.3 is 0 Å². The molecule has 0 saturated heterocycles. The molecule has 0 nitrogen and oxygen atoms in total. The Bertz CT molecular complexity index is 602. The first-order chi connectivity index (χ1) is 10.6.